The fourth-order valence-corrected chi connectivity index (χ4v) is 3.22. The summed E-state index contributed by atoms with van der Waals surface area (Å²) in [6.07, 6.45) is 3.87. The van der Waals surface area contributed by atoms with Crippen LogP contribution in [0, 0.1) is 0 Å². The second-order valence-electron chi connectivity index (χ2n) is 6.73. The number of amides is 3. The lowest BCUT2D eigenvalue weighted by Crippen LogP contribution is -2.48. The maximum Gasteiger partial charge on any atom is 0.342 e. The van der Waals surface area contributed by atoms with Gasteiger partial charge in [0.25, 0.3) is 5.91 Å². The Kier molecular flexibility index (Phi) is 8.11. The fraction of sp³-hybridized carbons (Fsp3) is 0.550. The predicted octanol–water partition coefficient (Wildman–Crippen LogP) is 2.42. The summed E-state index contributed by atoms with van der Waals surface area (Å²) < 4.78 is 20.9. The number of ether oxygens (including phenoxy) is 4. The lowest BCUT2D eigenvalue weighted by Gasteiger charge is -2.23. The molecule has 3 amide bonds. The first-order valence-corrected chi connectivity index (χ1v) is 9.52. The molecular formula is C20H28N2O7. The highest BCUT2D eigenvalue weighted by Crippen LogP contribution is 2.40. The Morgan fingerprint density at radius 1 is 0.966 bits per heavy atom. The summed E-state index contributed by atoms with van der Waals surface area (Å²) in [7, 11) is 4.25. The number of nitrogens with one attached hydrogen (secondary N) is 2. The standard InChI is InChI=1S/C20H28N2O7/c1-12(18(23)22-20(25)21-13-8-6-5-7-9-13)29-19(24)14-10-11-15(26-2)17(28-4)16(14)27-3/h10-13H,5-9H2,1-4H3,(H2,21,22,23,25)/t12-/m0/s1. The molecule has 160 valence electrons. The molecule has 1 aliphatic rings. The SMILES string of the molecule is COc1ccc(C(=O)O[C@@H](C)C(=O)NC(=O)NC2CCCCC2)c(OC)c1OC. The van der Waals surface area contributed by atoms with Gasteiger partial charge < -0.3 is 24.3 Å². The number of rotatable bonds is 7. The molecule has 9 nitrogen and oxygen atoms in total. The number of benzene rings is 1. The molecule has 0 spiro atoms. The van der Waals surface area contributed by atoms with Gasteiger partial charge >= 0.3 is 12.0 Å². The first-order chi connectivity index (χ1) is 13.9. The van der Waals surface area contributed by atoms with Gasteiger partial charge in [-0.1, -0.05) is 19.3 Å². The second kappa shape index (κ2) is 10.5. The van der Waals surface area contributed by atoms with Crippen molar-refractivity contribution in [1.29, 1.82) is 0 Å². The van der Waals surface area contributed by atoms with Crippen molar-refractivity contribution in [3.8, 4) is 17.2 Å². The minimum Gasteiger partial charge on any atom is -0.493 e. The van der Waals surface area contributed by atoms with E-state index in [4.69, 9.17) is 18.9 Å². The van der Waals surface area contributed by atoms with Gasteiger partial charge in [-0.25, -0.2) is 9.59 Å². The largest absolute Gasteiger partial charge is 0.493 e. The smallest absolute Gasteiger partial charge is 0.342 e. The molecule has 0 unspecified atom stereocenters. The van der Waals surface area contributed by atoms with Crippen LogP contribution < -0.4 is 24.8 Å². The van der Waals surface area contributed by atoms with Crippen molar-refractivity contribution in [2.75, 3.05) is 21.3 Å². The van der Waals surface area contributed by atoms with E-state index in [0.717, 1.165) is 32.1 Å². The Hall–Kier alpha value is -2.97. The predicted molar refractivity (Wildman–Crippen MR) is 105 cm³/mol. The zero-order valence-corrected chi connectivity index (χ0v) is 17.2. The Morgan fingerprint density at radius 3 is 2.21 bits per heavy atom. The maximum atomic E-state index is 12.5. The summed E-state index contributed by atoms with van der Waals surface area (Å²) in [5, 5.41) is 4.98. The lowest BCUT2D eigenvalue weighted by molar-refractivity contribution is -0.127. The van der Waals surface area contributed by atoms with Gasteiger partial charge in [0.2, 0.25) is 5.75 Å². The van der Waals surface area contributed by atoms with E-state index in [1.807, 2.05) is 0 Å². The highest BCUT2D eigenvalue weighted by molar-refractivity contribution is 5.99. The minimum atomic E-state index is -1.18. The van der Waals surface area contributed by atoms with Gasteiger partial charge in [-0.05, 0) is 31.9 Å². The van der Waals surface area contributed by atoms with Gasteiger partial charge in [0.05, 0.1) is 21.3 Å². The van der Waals surface area contributed by atoms with Crippen molar-refractivity contribution in [1.82, 2.24) is 10.6 Å². The Bertz CT molecular complexity index is 745. The number of hydrogen-bond donors (Lipinski definition) is 2. The topological polar surface area (TPSA) is 112 Å². The molecule has 1 aromatic rings. The van der Waals surface area contributed by atoms with Gasteiger partial charge in [0.1, 0.15) is 5.56 Å². The second-order valence-corrected chi connectivity index (χ2v) is 6.73. The van der Waals surface area contributed by atoms with Gasteiger partial charge in [0, 0.05) is 6.04 Å². The van der Waals surface area contributed by atoms with E-state index in [9.17, 15) is 14.4 Å². The van der Waals surface area contributed by atoms with Gasteiger partial charge in [-0.2, -0.15) is 0 Å². The minimum absolute atomic E-state index is 0.0606. The van der Waals surface area contributed by atoms with Gasteiger partial charge in [-0.3, -0.25) is 10.1 Å². The van der Waals surface area contributed by atoms with Gasteiger partial charge in [0.15, 0.2) is 17.6 Å². The molecule has 1 saturated carbocycles. The molecule has 1 aliphatic carbocycles. The molecule has 0 aromatic heterocycles. The van der Waals surface area contributed by atoms with Crippen molar-refractivity contribution >= 4 is 17.9 Å². The van der Waals surface area contributed by atoms with E-state index in [1.165, 1.54) is 40.4 Å². The summed E-state index contributed by atoms with van der Waals surface area (Å²) in [4.78, 5) is 36.7. The van der Waals surface area contributed by atoms with E-state index in [1.54, 1.807) is 0 Å². The molecule has 29 heavy (non-hydrogen) atoms. The molecule has 2 rings (SSSR count). The molecule has 2 N–H and O–H groups in total. The highest BCUT2D eigenvalue weighted by Gasteiger charge is 2.26. The molecule has 9 heteroatoms. The van der Waals surface area contributed by atoms with Crippen molar-refractivity contribution in [3.63, 3.8) is 0 Å². The van der Waals surface area contributed by atoms with Crippen molar-refractivity contribution in [2.45, 2.75) is 51.2 Å². The molecule has 1 fully saturated rings. The van der Waals surface area contributed by atoms with Crippen molar-refractivity contribution in [3.05, 3.63) is 17.7 Å². The number of carbonyl (C=O) groups excluding carboxylic acids is 3. The normalized spacial score (nSPS) is 15.0. The van der Waals surface area contributed by atoms with E-state index < -0.39 is 24.0 Å². The highest BCUT2D eigenvalue weighted by atomic mass is 16.6. The summed E-state index contributed by atoms with van der Waals surface area (Å²) in [5.74, 6) is -0.775. The summed E-state index contributed by atoms with van der Waals surface area (Å²) in [5.41, 5.74) is 0.0662. The third-order valence-corrected chi connectivity index (χ3v) is 4.75. The number of urea groups is 1. The number of methoxy groups -OCH3 is 3. The zero-order valence-electron chi connectivity index (χ0n) is 17.2. The van der Waals surface area contributed by atoms with Crippen LogP contribution in [0.15, 0.2) is 12.1 Å². The summed E-state index contributed by atoms with van der Waals surface area (Å²) in [6.45, 7) is 1.38. The molecule has 1 atom stereocenters. The van der Waals surface area contributed by atoms with Crippen LogP contribution in [0.2, 0.25) is 0 Å². The quantitative estimate of drug-likeness (QED) is 0.666. The molecule has 0 aliphatic heterocycles. The lowest BCUT2D eigenvalue weighted by atomic mass is 9.96. The fourth-order valence-electron chi connectivity index (χ4n) is 3.22. The molecule has 0 radical (unpaired) electrons. The van der Waals surface area contributed by atoms with E-state index >= 15 is 0 Å². The monoisotopic (exact) mass is 408 g/mol. The summed E-state index contributed by atoms with van der Waals surface area (Å²) in [6, 6.07) is 2.45. The molecule has 1 aromatic carbocycles. The molecule has 0 bridgehead atoms. The number of hydrogen-bond acceptors (Lipinski definition) is 7. The Labute approximate surface area is 170 Å². The van der Waals surface area contributed by atoms with Crippen LogP contribution in [-0.2, 0) is 9.53 Å². The van der Waals surface area contributed by atoms with Crippen molar-refractivity contribution in [2.24, 2.45) is 0 Å². The Balaban J connectivity index is 1.98. The summed E-state index contributed by atoms with van der Waals surface area (Å²) >= 11 is 0. The van der Waals surface area contributed by atoms with E-state index in [0.29, 0.717) is 5.75 Å². The average Bonchev–Trinajstić information content (AvgIpc) is 2.72. The van der Waals surface area contributed by atoms with Crippen LogP contribution >= 0.6 is 0 Å². The first-order valence-electron chi connectivity index (χ1n) is 9.52. The van der Waals surface area contributed by atoms with E-state index in [2.05, 4.69) is 10.6 Å². The molecule has 0 saturated heterocycles. The van der Waals surface area contributed by atoms with Crippen LogP contribution in [0.4, 0.5) is 4.79 Å². The third-order valence-electron chi connectivity index (χ3n) is 4.75. The maximum absolute atomic E-state index is 12.5. The van der Waals surface area contributed by atoms with Crippen LogP contribution in [0.5, 0.6) is 17.2 Å². The number of carbonyl (C=O) groups is 3. The van der Waals surface area contributed by atoms with Crippen LogP contribution in [0.3, 0.4) is 0 Å². The molecular weight excluding hydrogens is 380 g/mol. The average molecular weight is 408 g/mol. The van der Waals surface area contributed by atoms with Crippen molar-refractivity contribution < 1.29 is 33.3 Å². The van der Waals surface area contributed by atoms with Gasteiger partial charge in [-0.15, -0.1) is 0 Å². The molecule has 0 heterocycles. The first kappa shape index (κ1) is 22.3. The van der Waals surface area contributed by atoms with Crippen LogP contribution in [0.25, 0.3) is 0 Å². The van der Waals surface area contributed by atoms with Crippen LogP contribution in [-0.4, -0.2) is 51.4 Å². The number of imide groups is 1. The van der Waals surface area contributed by atoms with Crippen LogP contribution in [0.1, 0.15) is 49.4 Å². The van der Waals surface area contributed by atoms with E-state index in [-0.39, 0.29) is 23.1 Å². The zero-order chi connectivity index (χ0) is 21.4. The third kappa shape index (κ3) is 5.75. The number of esters is 1. The Morgan fingerprint density at radius 2 is 1.62 bits per heavy atom.